The second kappa shape index (κ2) is 6.51. The molecule has 1 aromatic carbocycles. The molecule has 1 amide bonds. The molecule has 0 saturated carbocycles. The molecule has 0 saturated heterocycles. The van der Waals surface area contributed by atoms with Crippen LogP contribution in [0.4, 0.5) is 6.01 Å². The van der Waals surface area contributed by atoms with Crippen LogP contribution in [0.1, 0.15) is 19.3 Å². The first-order chi connectivity index (χ1) is 10.0. The van der Waals surface area contributed by atoms with E-state index in [1.165, 1.54) is 0 Å². The Morgan fingerprint density at radius 3 is 2.81 bits per heavy atom. The molecule has 0 aliphatic heterocycles. The number of amides is 1. The van der Waals surface area contributed by atoms with Gasteiger partial charge in [0.1, 0.15) is 5.52 Å². The summed E-state index contributed by atoms with van der Waals surface area (Å²) in [6.45, 7) is 0. The minimum absolute atomic E-state index is 0.0412. The fourth-order valence-corrected chi connectivity index (χ4v) is 1.64. The van der Waals surface area contributed by atoms with Crippen LogP contribution in [0, 0.1) is 0 Å². The lowest BCUT2D eigenvalue weighted by Crippen LogP contribution is -2.36. The number of carbonyl (C=O) groups is 2. The van der Waals surface area contributed by atoms with Gasteiger partial charge >= 0.3 is 12.0 Å². The molecule has 0 spiro atoms. The summed E-state index contributed by atoms with van der Waals surface area (Å²) in [6.07, 6.45) is 0.211. The molecular weight excluding hydrogens is 276 g/mol. The van der Waals surface area contributed by atoms with Gasteiger partial charge in [0.15, 0.2) is 5.58 Å². The smallest absolute Gasteiger partial charge is 0.325 e. The van der Waals surface area contributed by atoms with E-state index in [4.69, 9.17) is 15.3 Å². The number of hydrogen-bond donors (Lipinski definition) is 3. The zero-order valence-electron chi connectivity index (χ0n) is 11.1. The zero-order valence-corrected chi connectivity index (χ0v) is 11.1. The third kappa shape index (κ3) is 4.30. The molecule has 0 bridgehead atoms. The van der Waals surface area contributed by atoms with Crippen molar-refractivity contribution in [2.75, 3.05) is 0 Å². The van der Waals surface area contributed by atoms with Gasteiger partial charge in [-0.3, -0.25) is 14.9 Å². The molecule has 0 aliphatic rings. The zero-order chi connectivity index (χ0) is 15.2. The Labute approximate surface area is 119 Å². The van der Waals surface area contributed by atoms with Crippen LogP contribution in [-0.4, -0.2) is 27.9 Å². The van der Waals surface area contributed by atoms with Crippen molar-refractivity contribution in [3.63, 3.8) is 0 Å². The highest BCUT2D eigenvalue weighted by molar-refractivity contribution is 5.97. The van der Waals surface area contributed by atoms with Crippen molar-refractivity contribution in [1.29, 1.82) is 0 Å². The fourth-order valence-electron chi connectivity index (χ4n) is 1.64. The summed E-state index contributed by atoms with van der Waals surface area (Å²) in [7, 11) is 0. The van der Waals surface area contributed by atoms with Crippen molar-refractivity contribution < 1.29 is 19.1 Å². The van der Waals surface area contributed by atoms with Gasteiger partial charge in [-0.1, -0.05) is 12.1 Å². The van der Waals surface area contributed by atoms with Crippen molar-refractivity contribution in [1.82, 2.24) is 10.3 Å². The van der Waals surface area contributed by atoms with Crippen molar-refractivity contribution in [2.45, 2.75) is 19.3 Å². The Morgan fingerprint density at radius 2 is 2.10 bits per heavy atom. The first-order valence-corrected chi connectivity index (χ1v) is 6.26. The lowest BCUT2D eigenvalue weighted by molar-refractivity contribution is -0.137. The summed E-state index contributed by atoms with van der Waals surface area (Å²) in [5, 5.41) is 10.8. The molecule has 4 N–H and O–H groups in total. The third-order valence-corrected chi connectivity index (χ3v) is 2.56. The summed E-state index contributed by atoms with van der Waals surface area (Å²) in [5.41, 5.74) is 6.76. The molecular formula is C13H14N4O4. The number of oxazole rings is 1. The van der Waals surface area contributed by atoms with Gasteiger partial charge in [-0.05, 0) is 18.6 Å². The molecule has 2 rings (SSSR count). The summed E-state index contributed by atoms with van der Waals surface area (Å²) >= 11 is 0. The highest BCUT2D eigenvalue weighted by Gasteiger charge is 2.07. The number of carboxylic acid groups (broad SMARTS) is 1. The van der Waals surface area contributed by atoms with Crippen LogP contribution in [0.2, 0.25) is 0 Å². The first-order valence-electron chi connectivity index (χ1n) is 6.26. The van der Waals surface area contributed by atoms with E-state index in [0.29, 0.717) is 11.1 Å². The van der Waals surface area contributed by atoms with Crippen LogP contribution in [0.25, 0.3) is 11.1 Å². The Morgan fingerprint density at radius 1 is 1.33 bits per heavy atom. The number of aromatic nitrogens is 1. The van der Waals surface area contributed by atoms with Crippen LogP contribution >= 0.6 is 0 Å². The van der Waals surface area contributed by atoms with Crippen LogP contribution in [0.15, 0.2) is 33.7 Å². The number of guanidine groups is 1. The number of aliphatic imine (C=N–C) groups is 1. The van der Waals surface area contributed by atoms with E-state index < -0.39 is 11.9 Å². The van der Waals surface area contributed by atoms with Gasteiger partial charge < -0.3 is 15.3 Å². The molecule has 0 atom stereocenters. The number of carboxylic acids is 1. The Hall–Kier alpha value is -2.90. The second-order valence-corrected chi connectivity index (χ2v) is 4.26. The fraction of sp³-hybridized carbons (Fsp3) is 0.231. The molecule has 2 aromatic rings. The van der Waals surface area contributed by atoms with Gasteiger partial charge in [-0.25, -0.2) is 0 Å². The number of para-hydroxylation sites is 2. The number of hydrogen-bond acceptors (Lipinski definition) is 5. The van der Waals surface area contributed by atoms with E-state index in [0.717, 1.165) is 0 Å². The van der Waals surface area contributed by atoms with E-state index >= 15 is 0 Å². The average Bonchev–Trinajstić information content (AvgIpc) is 2.79. The van der Waals surface area contributed by atoms with E-state index in [-0.39, 0.29) is 31.2 Å². The number of aliphatic carboxylic acids is 1. The molecule has 0 radical (unpaired) electrons. The van der Waals surface area contributed by atoms with Crippen molar-refractivity contribution >= 4 is 35.0 Å². The maximum atomic E-state index is 11.5. The highest BCUT2D eigenvalue weighted by Crippen LogP contribution is 2.19. The van der Waals surface area contributed by atoms with Crippen molar-refractivity contribution in [3.8, 4) is 0 Å². The average molecular weight is 290 g/mol. The van der Waals surface area contributed by atoms with E-state index in [9.17, 15) is 9.59 Å². The quantitative estimate of drug-likeness (QED) is 0.559. The topological polar surface area (TPSA) is 131 Å². The van der Waals surface area contributed by atoms with Crippen LogP contribution in [-0.2, 0) is 9.59 Å². The van der Waals surface area contributed by atoms with Crippen molar-refractivity contribution in [3.05, 3.63) is 24.3 Å². The maximum Gasteiger partial charge on any atom is 0.325 e. The number of benzene rings is 1. The number of nitrogens with two attached hydrogens (primary N) is 1. The first kappa shape index (κ1) is 14.5. The molecule has 1 aromatic heterocycles. The maximum absolute atomic E-state index is 11.5. The minimum Gasteiger partial charge on any atom is -0.481 e. The molecule has 0 fully saturated rings. The largest absolute Gasteiger partial charge is 0.481 e. The van der Waals surface area contributed by atoms with Gasteiger partial charge in [0.05, 0.1) is 0 Å². The highest BCUT2D eigenvalue weighted by atomic mass is 16.4. The second-order valence-electron chi connectivity index (χ2n) is 4.26. The van der Waals surface area contributed by atoms with Gasteiger partial charge in [-0.15, -0.1) is 0 Å². The number of carbonyl (C=O) groups excluding carboxylic acids is 1. The summed E-state index contributed by atoms with van der Waals surface area (Å²) in [5.74, 6) is -1.51. The van der Waals surface area contributed by atoms with E-state index in [1.807, 2.05) is 6.07 Å². The number of rotatable bonds is 5. The van der Waals surface area contributed by atoms with Gasteiger partial charge in [0, 0.05) is 12.8 Å². The molecule has 1 heterocycles. The van der Waals surface area contributed by atoms with Crippen LogP contribution in [0.5, 0.6) is 0 Å². The van der Waals surface area contributed by atoms with Crippen molar-refractivity contribution in [2.24, 2.45) is 10.7 Å². The van der Waals surface area contributed by atoms with Crippen LogP contribution < -0.4 is 11.1 Å². The van der Waals surface area contributed by atoms with Crippen LogP contribution in [0.3, 0.4) is 0 Å². The van der Waals surface area contributed by atoms with Gasteiger partial charge in [-0.2, -0.15) is 9.98 Å². The molecule has 21 heavy (non-hydrogen) atoms. The number of nitrogens with one attached hydrogen (secondary N) is 1. The van der Waals surface area contributed by atoms with E-state index in [2.05, 4.69) is 15.3 Å². The predicted molar refractivity (Wildman–Crippen MR) is 74.9 cm³/mol. The third-order valence-electron chi connectivity index (χ3n) is 2.56. The summed E-state index contributed by atoms with van der Waals surface area (Å²) in [6, 6.07) is 7.15. The Balaban J connectivity index is 1.94. The number of nitrogens with zero attached hydrogens (tertiary/aromatic N) is 2. The molecule has 0 unspecified atom stereocenters. The lowest BCUT2D eigenvalue weighted by atomic mass is 10.2. The molecule has 8 heteroatoms. The van der Waals surface area contributed by atoms with Gasteiger partial charge in [0.25, 0.3) is 0 Å². The Kier molecular flexibility index (Phi) is 4.50. The predicted octanol–water partition coefficient (Wildman–Crippen LogP) is 1.15. The number of fused-ring (bicyclic) bond motifs is 1. The van der Waals surface area contributed by atoms with Gasteiger partial charge in [0.2, 0.25) is 11.9 Å². The molecule has 110 valence electrons. The lowest BCUT2D eigenvalue weighted by Gasteiger charge is -2.02. The normalized spacial score (nSPS) is 11.5. The summed E-state index contributed by atoms with van der Waals surface area (Å²) in [4.78, 5) is 29.7. The monoisotopic (exact) mass is 290 g/mol. The van der Waals surface area contributed by atoms with E-state index in [1.54, 1.807) is 18.2 Å². The minimum atomic E-state index is -0.948. The molecule has 8 nitrogen and oxygen atoms in total. The standard InChI is InChI=1S/C13H14N4O4/c14-12(16-10(18)6-3-7-11(19)20)17-13-15-8-4-1-2-5-9(8)21-13/h1-2,4-5H,3,6-7H2,(H,19,20)(H3,14,15,16,17,18). The summed E-state index contributed by atoms with van der Waals surface area (Å²) < 4.78 is 5.33. The SMILES string of the molecule is NC(=Nc1nc2ccccc2o1)NC(=O)CCCC(=O)O. The molecule has 0 aliphatic carbocycles. The Bertz CT molecular complexity index is 659.